The van der Waals surface area contributed by atoms with Gasteiger partial charge in [-0.1, -0.05) is 37.5 Å². The van der Waals surface area contributed by atoms with Gasteiger partial charge in [0.05, 0.1) is 0 Å². The first kappa shape index (κ1) is 10.6. The minimum atomic E-state index is -0.0965. The van der Waals surface area contributed by atoms with Gasteiger partial charge < -0.3 is 5.32 Å². The van der Waals surface area contributed by atoms with Crippen molar-refractivity contribution in [3.05, 3.63) is 35.6 Å². The summed E-state index contributed by atoms with van der Waals surface area (Å²) in [6.07, 6.45) is 6.48. The zero-order valence-electron chi connectivity index (χ0n) is 9.01. The van der Waals surface area contributed by atoms with Crippen LogP contribution in [0.3, 0.4) is 0 Å². The lowest BCUT2D eigenvalue weighted by Crippen LogP contribution is -2.30. The molecule has 1 saturated carbocycles. The first-order chi connectivity index (χ1) is 7.36. The van der Waals surface area contributed by atoms with E-state index in [4.69, 9.17) is 0 Å². The first-order valence-corrected chi connectivity index (χ1v) is 5.83. The molecule has 1 nitrogen and oxygen atoms in total. The SMILES string of the molecule is Fc1ccccc1CNC1CCCCC1. The molecule has 15 heavy (non-hydrogen) atoms. The van der Waals surface area contributed by atoms with Crippen LogP contribution in [0.4, 0.5) is 4.39 Å². The Hall–Kier alpha value is -0.890. The average Bonchev–Trinajstić information content (AvgIpc) is 2.29. The van der Waals surface area contributed by atoms with Crippen molar-refractivity contribution < 1.29 is 4.39 Å². The third-order valence-electron chi connectivity index (χ3n) is 3.14. The van der Waals surface area contributed by atoms with Crippen LogP contribution in [0, 0.1) is 5.82 Å². The largest absolute Gasteiger partial charge is 0.310 e. The van der Waals surface area contributed by atoms with Crippen LogP contribution in [0.2, 0.25) is 0 Å². The highest BCUT2D eigenvalue weighted by atomic mass is 19.1. The number of nitrogens with one attached hydrogen (secondary N) is 1. The van der Waals surface area contributed by atoms with Gasteiger partial charge in [0.1, 0.15) is 5.82 Å². The van der Waals surface area contributed by atoms with Crippen LogP contribution >= 0.6 is 0 Å². The first-order valence-electron chi connectivity index (χ1n) is 5.83. The van der Waals surface area contributed by atoms with Crippen LogP contribution in [0.25, 0.3) is 0 Å². The summed E-state index contributed by atoms with van der Waals surface area (Å²) >= 11 is 0. The van der Waals surface area contributed by atoms with E-state index in [1.54, 1.807) is 6.07 Å². The van der Waals surface area contributed by atoms with Gasteiger partial charge in [-0.3, -0.25) is 0 Å². The van der Waals surface area contributed by atoms with Crippen molar-refractivity contribution in [1.82, 2.24) is 5.32 Å². The topological polar surface area (TPSA) is 12.0 Å². The fraction of sp³-hybridized carbons (Fsp3) is 0.538. The van der Waals surface area contributed by atoms with Gasteiger partial charge in [0.25, 0.3) is 0 Å². The summed E-state index contributed by atoms with van der Waals surface area (Å²) in [5.41, 5.74) is 0.781. The summed E-state index contributed by atoms with van der Waals surface area (Å²) in [6, 6.07) is 7.60. The smallest absolute Gasteiger partial charge is 0.127 e. The van der Waals surface area contributed by atoms with Gasteiger partial charge in [0.15, 0.2) is 0 Å². The van der Waals surface area contributed by atoms with E-state index in [1.165, 1.54) is 38.2 Å². The Kier molecular flexibility index (Phi) is 3.73. The summed E-state index contributed by atoms with van der Waals surface area (Å²) in [5, 5.41) is 3.44. The van der Waals surface area contributed by atoms with Gasteiger partial charge in [-0.25, -0.2) is 4.39 Å². The molecule has 1 aromatic rings. The molecule has 0 aliphatic heterocycles. The molecule has 0 aromatic heterocycles. The number of halogens is 1. The van der Waals surface area contributed by atoms with Gasteiger partial charge in [-0.15, -0.1) is 0 Å². The normalized spacial score (nSPS) is 17.9. The molecule has 0 atom stereocenters. The minimum Gasteiger partial charge on any atom is -0.310 e. The Balaban J connectivity index is 1.84. The lowest BCUT2D eigenvalue weighted by Gasteiger charge is -2.22. The third kappa shape index (κ3) is 3.03. The molecule has 0 radical (unpaired) electrons. The van der Waals surface area contributed by atoms with E-state index < -0.39 is 0 Å². The predicted octanol–water partition coefficient (Wildman–Crippen LogP) is 3.25. The van der Waals surface area contributed by atoms with E-state index in [0.29, 0.717) is 12.6 Å². The molecule has 2 heteroatoms. The second kappa shape index (κ2) is 5.26. The van der Waals surface area contributed by atoms with E-state index >= 15 is 0 Å². The number of rotatable bonds is 3. The highest BCUT2D eigenvalue weighted by Crippen LogP contribution is 2.18. The van der Waals surface area contributed by atoms with Gasteiger partial charge in [-0.2, -0.15) is 0 Å². The maximum Gasteiger partial charge on any atom is 0.127 e. The Morgan fingerprint density at radius 2 is 1.87 bits per heavy atom. The maximum atomic E-state index is 13.3. The molecule has 0 heterocycles. The van der Waals surface area contributed by atoms with Crippen molar-refractivity contribution in [1.29, 1.82) is 0 Å². The van der Waals surface area contributed by atoms with Gasteiger partial charge in [0, 0.05) is 18.2 Å². The molecule has 2 rings (SSSR count). The molecule has 1 aliphatic carbocycles. The van der Waals surface area contributed by atoms with Crippen LogP contribution in [0.15, 0.2) is 24.3 Å². The zero-order valence-corrected chi connectivity index (χ0v) is 9.01. The molecule has 82 valence electrons. The summed E-state index contributed by atoms with van der Waals surface area (Å²) in [6.45, 7) is 0.664. The molecule has 1 aromatic carbocycles. The van der Waals surface area contributed by atoms with Gasteiger partial charge in [-0.05, 0) is 18.9 Å². The summed E-state index contributed by atoms with van der Waals surface area (Å²) < 4.78 is 13.3. The Morgan fingerprint density at radius 1 is 1.13 bits per heavy atom. The summed E-state index contributed by atoms with van der Waals surface area (Å²) in [5.74, 6) is -0.0965. The van der Waals surface area contributed by atoms with Crippen LogP contribution in [0.1, 0.15) is 37.7 Å². The van der Waals surface area contributed by atoms with Gasteiger partial charge in [0.2, 0.25) is 0 Å². The second-order valence-corrected chi connectivity index (χ2v) is 4.31. The highest BCUT2D eigenvalue weighted by Gasteiger charge is 2.12. The predicted molar refractivity (Wildman–Crippen MR) is 60.1 cm³/mol. The van der Waals surface area contributed by atoms with Crippen LogP contribution < -0.4 is 5.32 Å². The third-order valence-corrected chi connectivity index (χ3v) is 3.14. The zero-order chi connectivity index (χ0) is 10.5. The summed E-state index contributed by atoms with van der Waals surface area (Å²) in [7, 11) is 0. The van der Waals surface area contributed by atoms with Crippen molar-refractivity contribution >= 4 is 0 Å². The lowest BCUT2D eigenvalue weighted by atomic mass is 9.95. The molecule has 0 unspecified atom stereocenters. The Labute approximate surface area is 90.7 Å². The van der Waals surface area contributed by atoms with Crippen molar-refractivity contribution in [2.75, 3.05) is 0 Å². The fourth-order valence-electron chi connectivity index (χ4n) is 2.20. The van der Waals surface area contributed by atoms with Crippen LogP contribution in [0.5, 0.6) is 0 Å². The van der Waals surface area contributed by atoms with Crippen molar-refractivity contribution in [3.8, 4) is 0 Å². The van der Waals surface area contributed by atoms with Crippen molar-refractivity contribution in [2.45, 2.75) is 44.7 Å². The lowest BCUT2D eigenvalue weighted by molar-refractivity contribution is 0.370. The molecule has 1 fully saturated rings. The number of hydrogen-bond donors (Lipinski definition) is 1. The average molecular weight is 207 g/mol. The monoisotopic (exact) mass is 207 g/mol. The van der Waals surface area contributed by atoms with Crippen LogP contribution in [-0.2, 0) is 6.54 Å². The molecule has 1 N–H and O–H groups in total. The fourth-order valence-corrected chi connectivity index (χ4v) is 2.20. The maximum absolute atomic E-state index is 13.3. The Bertz CT molecular complexity index is 305. The standard InChI is InChI=1S/C13H18FN/c14-13-9-5-4-6-11(13)10-15-12-7-2-1-3-8-12/h4-6,9,12,15H,1-3,7-8,10H2. The molecular formula is C13H18FN. The Morgan fingerprint density at radius 3 is 2.60 bits per heavy atom. The van der Waals surface area contributed by atoms with E-state index in [1.807, 2.05) is 12.1 Å². The van der Waals surface area contributed by atoms with E-state index in [9.17, 15) is 4.39 Å². The van der Waals surface area contributed by atoms with E-state index in [2.05, 4.69) is 5.32 Å². The second-order valence-electron chi connectivity index (χ2n) is 4.31. The minimum absolute atomic E-state index is 0.0965. The number of benzene rings is 1. The van der Waals surface area contributed by atoms with Gasteiger partial charge >= 0.3 is 0 Å². The molecule has 0 amide bonds. The van der Waals surface area contributed by atoms with E-state index in [0.717, 1.165) is 5.56 Å². The van der Waals surface area contributed by atoms with Crippen molar-refractivity contribution in [3.63, 3.8) is 0 Å². The molecule has 1 aliphatic rings. The molecule has 0 saturated heterocycles. The van der Waals surface area contributed by atoms with Crippen LogP contribution in [-0.4, -0.2) is 6.04 Å². The molecule has 0 spiro atoms. The molecule has 0 bridgehead atoms. The summed E-state index contributed by atoms with van der Waals surface area (Å²) in [4.78, 5) is 0. The molecular weight excluding hydrogens is 189 g/mol. The van der Waals surface area contributed by atoms with Crippen molar-refractivity contribution in [2.24, 2.45) is 0 Å². The highest BCUT2D eigenvalue weighted by molar-refractivity contribution is 5.17. The quantitative estimate of drug-likeness (QED) is 0.802. The number of hydrogen-bond acceptors (Lipinski definition) is 1. The van der Waals surface area contributed by atoms with E-state index in [-0.39, 0.29) is 5.82 Å².